The Morgan fingerprint density at radius 1 is 1.22 bits per heavy atom. The monoisotopic (exact) mass is 386 g/mol. The molecule has 1 aromatic heterocycles. The topological polar surface area (TPSA) is 78.3 Å². The van der Waals surface area contributed by atoms with E-state index in [9.17, 15) is 4.79 Å². The van der Waals surface area contributed by atoms with Gasteiger partial charge in [-0.25, -0.2) is 4.68 Å². The number of carbonyl (C=O) groups excluding carboxylic acids is 1. The molecule has 7 nitrogen and oxygen atoms in total. The summed E-state index contributed by atoms with van der Waals surface area (Å²) in [5.41, 5.74) is 3.00. The van der Waals surface area contributed by atoms with Crippen LogP contribution in [0.1, 0.15) is 21.7 Å². The average molecular weight is 387 g/mol. The lowest BCUT2D eigenvalue weighted by atomic mass is 10.2. The standard InChI is InChI=1S/C19H19ClN4O3/c1-12-5-4-6-13(9-12)24-17(11-26-2)18(22-23-24)19(25)21-16-10-14(27-3)7-8-15(16)20/h4-10H,11H2,1-3H3,(H,21,25). The number of ether oxygens (including phenoxy) is 2. The van der Waals surface area contributed by atoms with E-state index in [4.69, 9.17) is 21.1 Å². The fraction of sp³-hybridized carbons (Fsp3) is 0.211. The molecule has 0 aliphatic heterocycles. The zero-order valence-corrected chi connectivity index (χ0v) is 15.9. The molecule has 0 unspecified atom stereocenters. The lowest BCUT2D eigenvalue weighted by Gasteiger charge is -2.10. The van der Waals surface area contributed by atoms with Gasteiger partial charge in [0.05, 0.1) is 30.1 Å². The molecule has 0 aliphatic rings. The minimum absolute atomic E-state index is 0.164. The smallest absolute Gasteiger partial charge is 0.278 e. The molecule has 2 aromatic carbocycles. The number of nitrogens with zero attached hydrogens (tertiary/aromatic N) is 3. The number of hydrogen-bond acceptors (Lipinski definition) is 5. The third-order valence-electron chi connectivity index (χ3n) is 3.93. The largest absolute Gasteiger partial charge is 0.497 e. The summed E-state index contributed by atoms with van der Waals surface area (Å²) < 4.78 is 12.0. The molecule has 3 aromatic rings. The molecule has 0 saturated carbocycles. The van der Waals surface area contributed by atoms with Crippen LogP contribution in [-0.2, 0) is 11.3 Å². The summed E-state index contributed by atoms with van der Waals surface area (Å²) in [5.74, 6) is 0.145. The number of rotatable bonds is 6. The van der Waals surface area contributed by atoms with Crippen LogP contribution in [0.3, 0.4) is 0 Å². The van der Waals surface area contributed by atoms with Gasteiger partial charge in [-0.15, -0.1) is 5.10 Å². The summed E-state index contributed by atoms with van der Waals surface area (Å²) in [6.07, 6.45) is 0. The maximum atomic E-state index is 12.8. The minimum Gasteiger partial charge on any atom is -0.497 e. The highest BCUT2D eigenvalue weighted by Gasteiger charge is 2.21. The molecule has 8 heteroatoms. The van der Waals surface area contributed by atoms with Crippen molar-refractivity contribution < 1.29 is 14.3 Å². The first-order chi connectivity index (χ1) is 13.0. The van der Waals surface area contributed by atoms with Crippen LogP contribution in [0.2, 0.25) is 5.02 Å². The molecule has 3 rings (SSSR count). The first kappa shape index (κ1) is 18.9. The molecular weight excluding hydrogens is 368 g/mol. The second kappa shape index (κ2) is 8.20. The maximum Gasteiger partial charge on any atom is 0.278 e. The number of nitrogens with one attached hydrogen (secondary N) is 1. The third-order valence-corrected chi connectivity index (χ3v) is 4.26. The first-order valence-electron chi connectivity index (χ1n) is 8.19. The van der Waals surface area contributed by atoms with Crippen molar-refractivity contribution in [3.63, 3.8) is 0 Å². The molecule has 140 valence electrons. The van der Waals surface area contributed by atoms with Gasteiger partial charge in [-0.05, 0) is 36.8 Å². The van der Waals surface area contributed by atoms with Crippen molar-refractivity contribution in [1.82, 2.24) is 15.0 Å². The number of carbonyl (C=O) groups is 1. The summed E-state index contributed by atoms with van der Waals surface area (Å²) in [7, 11) is 3.09. The van der Waals surface area contributed by atoms with Crippen molar-refractivity contribution >= 4 is 23.2 Å². The van der Waals surface area contributed by atoms with Crippen LogP contribution < -0.4 is 10.1 Å². The van der Waals surface area contributed by atoms with Crippen molar-refractivity contribution in [3.8, 4) is 11.4 Å². The Balaban J connectivity index is 1.95. The Hall–Kier alpha value is -2.90. The van der Waals surface area contributed by atoms with E-state index in [1.54, 1.807) is 37.1 Å². The number of methoxy groups -OCH3 is 2. The third kappa shape index (κ3) is 4.10. The maximum absolute atomic E-state index is 12.8. The number of anilines is 1. The van der Waals surface area contributed by atoms with Gasteiger partial charge in [-0.1, -0.05) is 28.9 Å². The molecule has 1 N–H and O–H groups in total. The van der Waals surface area contributed by atoms with Gasteiger partial charge in [0.25, 0.3) is 5.91 Å². The van der Waals surface area contributed by atoms with Gasteiger partial charge in [0.15, 0.2) is 5.69 Å². The van der Waals surface area contributed by atoms with Crippen molar-refractivity contribution in [2.75, 3.05) is 19.5 Å². The van der Waals surface area contributed by atoms with Gasteiger partial charge in [0.1, 0.15) is 11.4 Å². The average Bonchev–Trinajstić information content (AvgIpc) is 3.07. The SMILES string of the molecule is COCc1c(C(=O)Nc2cc(OC)ccc2Cl)nnn1-c1cccc(C)c1. The van der Waals surface area contributed by atoms with Gasteiger partial charge in [-0.2, -0.15) is 0 Å². The summed E-state index contributed by atoms with van der Waals surface area (Å²) in [4.78, 5) is 12.8. The number of hydrogen-bond donors (Lipinski definition) is 1. The number of benzene rings is 2. The van der Waals surface area contributed by atoms with Crippen LogP contribution in [0.4, 0.5) is 5.69 Å². The Labute approximate surface area is 161 Å². The van der Waals surface area contributed by atoms with Gasteiger partial charge in [-0.3, -0.25) is 4.79 Å². The van der Waals surface area contributed by atoms with Crippen molar-refractivity contribution in [2.24, 2.45) is 0 Å². The van der Waals surface area contributed by atoms with Crippen molar-refractivity contribution in [3.05, 3.63) is 64.4 Å². The molecule has 0 saturated heterocycles. The zero-order valence-electron chi connectivity index (χ0n) is 15.2. The van der Waals surface area contributed by atoms with Crippen LogP contribution in [-0.4, -0.2) is 35.1 Å². The van der Waals surface area contributed by atoms with E-state index in [-0.39, 0.29) is 12.3 Å². The van der Waals surface area contributed by atoms with Gasteiger partial charge in [0, 0.05) is 13.2 Å². The molecule has 0 fully saturated rings. The highest BCUT2D eigenvalue weighted by Crippen LogP contribution is 2.27. The predicted molar refractivity (Wildman–Crippen MR) is 103 cm³/mol. The summed E-state index contributed by atoms with van der Waals surface area (Å²) >= 11 is 6.17. The van der Waals surface area contributed by atoms with Gasteiger partial charge < -0.3 is 14.8 Å². The molecule has 0 radical (unpaired) electrons. The molecule has 27 heavy (non-hydrogen) atoms. The quantitative estimate of drug-likeness (QED) is 0.699. The second-order valence-electron chi connectivity index (χ2n) is 5.87. The summed E-state index contributed by atoms with van der Waals surface area (Å²) in [5, 5.41) is 11.3. The van der Waals surface area contributed by atoms with Gasteiger partial charge >= 0.3 is 0 Å². The Morgan fingerprint density at radius 2 is 2.04 bits per heavy atom. The van der Waals surface area contributed by atoms with E-state index < -0.39 is 5.91 Å². The molecule has 0 atom stereocenters. The fourth-order valence-corrected chi connectivity index (χ4v) is 2.78. The normalized spacial score (nSPS) is 10.7. The van der Waals surface area contributed by atoms with Crippen LogP contribution in [0.15, 0.2) is 42.5 Å². The summed E-state index contributed by atoms with van der Waals surface area (Å²) in [6.45, 7) is 2.16. The molecular formula is C19H19ClN4O3. The molecule has 1 heterocycles. The lowest BCUT2D eigenvalue weighted by molar-refractivity contribution is 0.101. The van der Waals surface area contributed by atoms with Gasteiger partial charge in [0.2, 0.25) is 0 Å². The second-order valence-corrected chi connectivity index (χ2v) is 6.28. The van der Waals surface area contributed by atoms with E-state index >= 15 is 0 Å². The highest BCUT2D eigenvalue weighted by atomic mass is 35.5. The number of aryl methyl sites for hydroxylation is 1. The molecule has 0 aliphatic carbocycles. The van der Waals surface area contributed by atoms with E-state index in [1.165, 1.54) is 0 Å². The first-order valence-corrected chi connectivity index (χ1v) is 8.56. The molecule has 0 spiro atoms. The summed E-state index contributed by atoms with van der Waals surface area (Å²) in [6, 6.07) is 12.7. The van der Waals surface area contributed by atoms with Crippen LogP contribution >= 0.6 is 11.6 Å². The van der Waals surface area contributed by atoms with E-state index in [0.29, 0.717) is 22.2 Å². The van der Waals surface area contributed by atoms with E-state index in [1.807, 2.05) is 31.2 Å². The zero-order chi connectivity index (χ0) is 19.4. The predicted octanol–water partition coefficient (Wildman–Crippen LogP) is 3.64. The number of aromatic nitrogens is 3. The lowest BCUT2D eigenvalue weighted by Crippen LogP contribution is -2.16. The minimum atomic E-state index is -0.434. The molecule has 0 bridgehead atoms. The Morgan fingerprint density at radius 3 is 2.74 bits per heavy atom. The highest BCUT2D eigenvalue weighted by molar-refractivity contribution is 6.34. The van der Waals surface area contributed by atoms with Crippen LogP contribution in [0, 0.1) is 6.92 Å². The van der Waals surface area contributed by atoms with Crippen LogP contribution in [0.25, 0.3) is 5.69 Å². The van der Waals surface area contributed by atoms with Crippen LogP contribution in [0.5, 0.6) is 5.75 Å². The fourth-order valence-electron chi connectivity index (χ4n) is 2.62. The van der Waals surface area contributed by atoms with Crippen molar-refractivity contribution in [2.45, 2.75) is 13.5 Å². The number of halogens is 1. The van der Waals surface area contributed by atoms with Crippen molar-refractivity contribution in [1.29, 1.82) is 0 Å². The van der Waals surface area contributed by atoms with E-state index in [0.717, 1.165) is 11.3 Å². The molecule has 1 amide bonds. The Bertz CT molecular complexity index is 971. The number of amides is 1. The Kier molecular flexibility index (Phi) is 5.73. The van der Waals surface area contributed by atoms with E-state index in [2.05, 4.69) is 15.6 Å².